The minimum atomic E-state index is -0.206. The van der Waals surface area contributed by atoms with Crippen LogP contribution in [-0.2, 0) is 0 Å². The average Bonchev–Trinajstić information content (AvgIpc) is 3.26. The lowest BCUT2D eigenvalue weighted by Gasteiger charge is -2.05. The number of hydrogen-bond donors (Lipinski definition) is 0. The van der Waals surface area contributed by atoms with Crippen LogP contribution in [0.4, 0.5) is 0 Å². The number of fused-ring (bicyclic) bond motifs is 1. The van der Waals surface area contributed by atoms with Gasteiger partial charge in [-0.3, -0.25) is 4.79 Å². The van der Waals surface area contributed by atoms with Gasteiger partial charge in [-0.15, -0.1) is 5.10 Å². The van der Waals surface area contributed by atoms with E-state index in [1.54, 1.807) is 18.2 Å². The van der Waals surface area contributed by atoms with Gasteiger partial charge in [0.1, 0.15) is 12.4 Å². The van der Waals surface area contributed by atoms with E-state index >= 15 is 0 Å². The highest BCUT2D eigenvalue weighted by Crippen LogP contribution is 2.19. The lowest BCUT2D eigenvalue weighted by molar-refractivity contribution is 0.362. The first kappa shape index (κ1) is 19.1. The van der Waals surface area contributed by atoms with Crippen LogP contribution in [0.1, 0.15) is 17.0 Å². The molecule has 2 aromatic carbocycles. The van der Waals surface area contributed by atoms with Gasteiger partial charge in [0, 0.05) is 10.6 Å². The number of para-hydroxylation sites is 1. The van der Waals surface area contributed by atoms with Gasteiger partial charge < -0.3 is 4.74 Å². The van der Waals surface area contributed by atoms with Crippen molar-refractivity contribution in [1.82, 2.24) is 14.6 Å². The summed E-state index contributed by atoms with van der Waals surface area (Å²) in [5.74, 6) is 1.17. The van der Waals surface area contributed by atoms with Crippen LogP contribution in [-0.4, -0.2) is 21.2 Å². The molecule has 7 heteroatoms. The van der Waals surface area contributed by atoms with Gasteiger partial charge in [-0.05, 0) is 35.9 Å². The predicted molar refractivity (Wildman–Crippen MR) is 118 cm³/mol. The highest BCUT2D eigenvalue weighted by atomic mass is 35.5. The van der Waals surface area contributed by atoms with Gasteiger partial charge in [0.25, 0.3) is 5.56 Å². The SMILES string of the molecule is C=CCOc1ccccc1C=c1sc2nc(C=Cc3ccc(Cl)cc3)nn2c1=O. The molecule has 0 radical (unpaired) electrons. The van der Waals surface area contributed by atoms with Crippen LogP contribution in [0.25, 0.3) is 23.2 Å². The largest absolute Gasteiger partial charge is 0.489 e. The van der Waals surface area contributed by atoms with Gasteiger partial charge >= 0.3 is 0 Å². The van der Waals surface area contributed by atoms with Crippen molar-refractivity contribution in [2.75, 3.05) is 6.61 Å². The average molecular weight is 422 g/mol. The number of hydrogen-bond acceptors (Lipinski definition) is 5. The number of nitrogens with zero attached hydrogens (tertiary/aromatic N) is 3. The molecule has 29 heavy (non-hydrogen) atoms. The second kappa shape index (κ2) is 8.43. The van der Waals surface area contributed by atoms with Crippen molar-refractivity contribution in [3.63, 3.8) is 0 Å². The zero-order valence-corrected chi connectivity index (χ0v) is 16.9. The molecular weight excluding hydrogens is 406 g/mol. The Kier molecular flexibility index (Phi) is 5.55. The summed E-state index contributed by atoms with van der Waals surface area (Å²) < 4.78 is 7.52. The Morgan fingerprint density at radius 2 is 1.93 bits per heavy atom. The van der Waals surface area contributed by atoms with Crippen LogP contribution < -0.4 is 14.8 Å². The fraction of sp³-hybridized carbons (Fsp3) is 0.0455. The monoisotopic (exact) mass is 421 g/mol. The van der Waals surface area contributed by atoms with Gasteiger partial charge in [0.05, 0.1) is 4.53 Å². The fourth-order valence-electron chi connectivity index (χ4n) is 2.69. The second-order valence-corrected chi connectivity index (χ2v) is 7.55. The molecule has 0 aliphatic heterocycles. The summed E-state index contributed by atoms with van der Waals surface area (Å²) in [6, 6.07) is 15.0. The van der Waals surface area contributed by atoms with Crippen LogP contribution in [0, 0.1) is 0 Å². The van der Waals surface area contributed by atoms with Gasteiger partial charge in [-0.25, -0.2) is 0 Å². The zero-order valence-electron chi connectivity index (χ0n) is 15.3. The summed E-state index contributed by atoms with van der Waals surface area (Å²) in [6.45, 7) is 4.05. The maximum atomic E-state index is 12.7. The Hall–Kier alpha value is -3.22. The maximum Gasteiger partial charge on any atom is 0.291 e. The first-order valence-corrected chi connectivity index (χ1v) is 10.0. The third kappa shape index (κ3) is 4.29. The van der Waals surface area contributed by atoms with Gasteiger partial charge in [0.2, 0.25) is 4.96 Å². The van der Waals surface area contributed by atoms with Crippen molar-refractivity contribution in [2.24, 2.45) is 0 Å². The molecule has 4 rings (SSSR count). The van der Waals surface area contributed by atoms with E-state index in [0.717, 1.165) is 11.1 Å². The Balaban J connectivity index is 1.65. The summed E-state index contributed by atoms with van der Waals surface area (Å²) in [4.78, 5) is 17.7. The summed E-state index contributed by atoms with van der Waals surface area (Å²) in [6.07, 6.45) is 7.12. The third-order valence-electron chi connectivity index (χ3n) is 4.06. The molecule has 0 spiro atoms. The smallest absolute Gasteiger partial charge is 0.291 e. The third-order valence-corrected chi connectivity index (χ3v) is 5.27. The van der Waals surface area contributed by atoms with E-state index < -0.39 is 0 Å². The number of ether oxygens (including phenoxy) is 1. The Bertz CT molecular complexity index is 1310. The van der Waals surface area contributed by atoms with Crippen LogP contribution in [0.5, 0.6) is 5.75 Å². The van der Waals surface area contributed by atoms with Gasteiger partial charge in [-0.2, -0.15) is 9.50 Å². The highest BCUT2D eigenvalue weighted by molar-refractivity contribution is 7.15. The molecule has 4 aromatic rings. The van der Waals surface area contributed by atoms with E-state index in [4.69, 9.17) is 16.3 Å². The molecular formula is C22H16ClN3O2S. The van der Waals surface area contributed by atoms with Crippen LogP contribution >= 0.6 is 22.9 Å². The fourth-order valence-corrected chi connectivity index (χ4v) is 3.72. The lowest BCUT2D eigenvalue weighted by atomic mass is 10.2. The van der Waals surface area contributed by atoms with Crippen molar-refractivity contribution in [1.29, 1.82) is 0 Å². The lowest BCUT2D eigenvalue weighted by Crippen LogP contribution is -2.23. The standard InChI is InChI=1S/C22H16ClN3O2S/c1-2-13-28-18-6-4-3-5-16(18)14-19-21(27)26-22(29-19)24-20(25-26)12-9-15-7-10-17(23)11-8-15/h2-12,14H,1,13H2. The number of halogens is 1. The van der Waals surface area contributed by atoms with E-state index in [1.165, 1.54) is 15.9 Å². The molecule has 144 valence electrons. The normalized spacial score (nSPS) is 12.1. The number of benzene rings is 2. The number of rotatable bonds is 6. The molecule has 5 nitrogen and oxygen atoms in total. The molecule has 2 aromatic heterocycles. The second-order valence-electron chi connectivity index (χ2n) is 6.10. The van der Waals surface area contributed by atoms with Crippen LogP contribution in [0.2, 0.25) is 5.02 Å². The molecule has 0 amide bonds. The first-order chi connectivity index (χ1) is 14.1. The van der Waals surface area contributed by atoms with E-state index in [9.17, 15) is 4.79 Å². The molecule has 0 saturated carbocycles. The van der Waals surface area contributed by atoms with Crippen molar-refractivity contribution in [2.45, 2.75) is 0 Å². The molecule has 0 saturated heterocycles. The Labute approximate surface area is 175 Å². The predicted octanol–water partition coefficient (Wildman–Crippen LogP) is 4.09. The van der Waals surface area contributed by atoms with Crippen molar-refractivity contribution in [3.8, 4) is 5.75 Å². The summed E-state index contributed by atoms with van der Waals surface area (Å²) >= 11 is 7.18. The highest BCUT2D eigenvalue weighted by Gasteiger charge is 2.09. The van der Waals surface area contributed by atoms with Gasteiger partial charge in [-0.1, -0.05) is 72.0 Å². The topological polar surface area (TPSA) is 56.5 Å². The maximum absolute atomic E-state index is 12.7. The van der Waals surface area contributed by atoms with E-state index in [2.05, 4.69) is 16.7 Å². The molecule has 2 heterocycles. The molecule has 0 aliphatic carbocycles. The molecule has 0 atom stereocenters. The zero-order chi connectivity index (χ0) is 20.2. The molecule has 0 aliphatic rings. The van der Waals surface area contributed by atoms with Crippen LogP contribution in [0.15, 0.2) is 66.0 Å². The first-order valence-electron chi connectivity index (χ1n) is 8.82. The van der Waals surface area contributed by atoms with Crippen molar-refractivity contribution in [3.05, 3.63) is 98.0 Å². The minimum absolute atomic E-state index is 0.206. The summed E-state index contributed by atoms with van der Waals surface area (Å²) in [7, 11) is 0. The minimum Gasteiger partial charge on any atom is -0.489 e. The quantitative estimate of drug-likeness (QED) is 0.440. The number of aromatic nitrogens is 3. The van der Waals surface area contributed by atoms with E-state index in [-0.39, 0.29) is 5.56 Å². The molecule has 0 fully saturated rings. The van der Waals surface area contributed by atoms with Gasteiger partial charge in [0.15, 0.2) is 5.82 Å². The summed E-state index contributed by atoms with van der Waals surface area (Å²) in [5.41, 5.74) is 1.58. The van der Waals surface area contributed by atoms with Crippen molar-refractivity contribution >= 4 is 46.1 Å². The molecule has 0 N–H and O–H groups in total. The number of thiazole rings is 1. The van der Waals surface area contributed by atoms with E-state index in [1.807, 2.05) is 54.6 Å². The van der Waals surface area contributed by atoms with Crippen LogP contribution in [0.3, 0.4) is 0 Å². The van der Waals surface area contributed by atoms with E-state index in [0.29, 0.717) is 32.7 Å². The summed E-state index contributed by atoms with van der Waals surface area (Å²) in [5, 5.41) is 4.98. The molecule has 0 bridgehead atoms. The molecule has 0 unspecified atom stereocenters. The Morgan fingerprint density at radius 1 is 1.14 bits per heavy atom. The van der Waals surface area contributed by atoms with Crippen molar-refractivity contribution < 1.29 is 4.74 Å². The Morgan fingerprint density at radius 3 is 2.69 bits per heavy atom.